The van der Waals surface area contributed by atoms with Gasteiger partial charge in [0.05, 0.1) is 0 Å². The smallest absolute Gasteiger partial charge is 0.00992 e. The predicted octanol–water partition coefficient (Wildman–Crippen LogP) is 0.0614. The van der Waals surface area contributed by atoms with Crippen LogP contribution in [0, 0.1) is 6.07 Å². The first-order valence-electron chi connectivity index (χ1n) is 2.65. The average Bonchev–Trinajstić information content (AvgIpc) is 1.72. The number of fused-ring (bicyclic) bond motifs is 1. The van der Waals surface area contributed by atoms with Crippen molar-refractivity contribution in [2.45, 2.75) is 0 Å². The molecule has 0 saturated heterocycles. The fourth-order valence-corrected chi connectivity index (χ4v) is 0.829. The molecule has 0 fully saturated rings. The van der Waals surface area contributed by atoms with Crippen LogP contribution in [0.3, 0.4) is 0 Å². The molecule has 2 rings (SSSR count). The van der Waals surface area contributed by atoms with Gasteiger partial charge in [0.15, 0.2) is 0 Å². The molecule has 0 unspecified atom stereocenters. The SMILES string of the molecule is [c]1cccc2c1=CC=2. The molecule has 1 radical (unpaired) electrons. The molecule has 37 valence electrons. The van der Waals surface area contributed by atoms with Gasteiger partial charge in [-0.25, -0.2) is 0 Å². The van der Waals surface area contributed by atoms with Gasteiger partial charge in [-0.05, 0) is 16.5 Å². The van der Waals surface area contributed by atoms with Crippen LogP contribution in [0.15, 0.2) is 18.2 Å². The standard InChI is InChI=1S/C8H5/c1-2-4-8-6-5-7(8)3-1/h1-3,5-6H. The Morgan fingerprint density at radius 3 is 2.62 bits per heavy atom. The first-order valence-corrected chi connectivity index (χ1v) is 2.65. The van der Waals surface area contributed by atoms with E-state index in [1.807, 2.05) is 12.1 Å². The summed E-state index contributed by atoms with van der Waals surface area (Å²) in [5, 5.41) is 2.56. The van der Waals surface area contributed by atoms with Crippen molar-refractivity contribution in [1.82, 2.24) is 0 Å². The second-order valence-electron chi connectivity index (χ2n) is 1.87. The zero-order chi connectivity index (χ0) is 5.40. The van der Waals surface area contributed by atoms with Gasteiger partial charge in [-0.15, -0.1) is 0 Å². The van der Waals surface area contributed by atoms with Gasteiger partial charge in [0.25, 0.3) is 0 Å². The summed E-state index contributed by atoms with van der Waals surface area (Å²) in [5.74, 6) is 0. The largest absolute Gasteiger partial charge is 0.0610 e. The van der Waals surface area contributed by atoms with Crippen LogP contribution in [0.2, 0.25) is 0 Å². The van der Waals surface area contributed by atoms with Gasteiger partial charge in [-0.2, -0.15) is 0 Å². The van der Waals surface area contributed by atoms with Crippen molar-refractivity contribution in [2.75, 3.05) is 0 Å². The van der Waals surface area contributed by atoms with E-state index in [4.69, 9.17) is 0 Å². The lowest BCUT2D eigenvalue weighted by molar-refractivity contribution is 1.48. The highest BCUT2D eigenvalue weighted by Gasteiger charge is 1.87. The maximum absolute atomic E-state index is 3.10. The Morgan fingerprint density at radius 2 is 2.25 bits per heavy atom. The van der Waals surface area contributed by atoms with E-state index < -0.39 is 0 Å². The van der Waals surface area contributed by atoms with E-state index in [1.54, 1.807) is 0 Å². The molecular weight excluding hydrogens is 96.1 g/mol. The van der Waals surface area contributed by atoms with Crippen molar-refractivity contribution in [2.24, 2.45) is 0 Å². The Morgan fingerprint density at radius 1 is 1.25 bits per heavy atom. The summed E-state index contributed by atoms with van der Waals surface area (Å²) in [6.07, 6.45) is 4.15. The zero-order valence-electron chi connectivity index (χ0n) is 4.39. The summed E-state index contributed by atoms with van der Waals surface area (Å²) in [5.41, 5.74) is 0. The van der Waals surface area contributed by atoms with E-state index in [0.29, 0.717) is 0 Å². The maximum Gasteiger partial charge on any atom is -0.00992 e. The molecule has 8 heavy (non-hydrogen) atoms. The van der Waals surface area contributed by atoms with Crippen LogP contribution in [-0.4, -0.2) is 0 Å². The molecule has 1 aliphatic carbocycles. The van der Waals surface area contributed by atoms with E-state index in [-0.39, 0.29) is 0 Å². The summed E-state index contributed by atoms with van der Waals surface area (Å²) in [6, 6.07) is 9.12. The summed E-state index contributed by atoms with van der Waals surface area (Å²) < 4.78 is 0. The topological polar surface area (TPSA) is 0 Å². The van der Waals surface area contributed by atoms with Gasteiger partial charge in [-0.3, -0.25) is 0 Å². The third-order valence-electron chi connectivity index (χ3n) is 1.35. The first-order chi connectivity index (χ1) is 3.97. The Kier molecular flexibility index (Phi) is 0.595. The van der Waals surface area contributed by atoms with E-state index in [1.165, 1.54) is 10.4 Å². The average molecular weight is 101 g/mol. The van der Waals surface area contributed by atoms with E-state index in [9.17, 15) is 0 Å². The van der Waals surface area contributed by atoms with Crippen LogP contribution in [0.4, 0.5) is 0 Å². The zero-order valence-corrected chi connectivity index (χ0v) is 4.39. The highest BCUT2D eigenvalue weighted by Crippen LogP contribution is 1.78. The summed E-state index contributed by atoms with van der Waals surface area (Å²) in [7, 11) is 0. The minimum Gasteiger partial charge on any atom is -0.0610 e. The maximum atomic E-state index is 3.10. The Hall–Kier alpha value is -1.04. The van der Waals surface area contributed by atoms with Crippen molar-refractivity contribution < 1.29 is 0 Å². The second kappa shape index (κ2) is 1.22. The molecule has 0 heteroatoms. The van der Waals surface area contributed by atoms with Crippen molar-refractivity contribution >= 4 is 12.2 Å². The highest BCUT2D eigenvalue weighted by atomic mass is 13.9. The molecule has 0 spiro atoms. The van der Waals surface area contributed by atoms with Gasteiger partial charge in [0.2, 0.25) is 0 Å². The number of hydrogen-bond donors (Lipinski definition) is 0. The van der Waals surface area contributed by atoms with Crippen molar-refractivity contribution in [3.63, 3.8) is 0 Å². The van der Waals surface area contributed by atoms with Gasteiger partial charge in [0.1, 0.15) is 0 Å². The quantitative estimate of drug-likeness (QED) is 0.433. The summed E-state index contributed by atoms with van der Waals surface area (Å²) in [6.45, 7) is 0. The first kappa shape index (κ1) is 3.90. The summed E-state index contributed by atoms with van der Waals surface area (Å²) in [4.78, 5) is 0. The molecule has 1 aromatic rings. The molecule has 0 aliphatic heterocycles. The van der Waals surface area contributed by atoms with Crippen LogP contribution < -0.4 is 10.4 Å². The second-order valence-corrected chi connectivity index (χ2v) is 1.87. The molecule has 0 heterocycles. The van der Waals surface area contributed by atoms with Crippen LogP contribution in [0.25, 0.3) is 12.2 Å². The number of hydrogen-bond acceptors (Lipinski definition) is 0. The van der Waals surface area contributed by atoms with Crippen LogP contribution >= 0.6 is 0 Å². The molecular formula is C8H5. The van der Waals surface area contributed by atoms with Gasteiger partial charge >= 0.3 is 0 Å². The molecule has 0 aromatic heterocycles. The van der Waals surface area contributed by atoms with Crippen molar-refractivity contribution in [1.29, 1.82) is 0 Å². The normalized spacial score (nSPS) is 12.5. The fraction of sp³-hybridized carbons (Fsp3) is 0. The van der Waals surface area contributed by atoms with Gasteiger partial charge in [0, 0.05) is 0 Å². The lowest BCUT2D eigenvalue weighted by atomic mass is 10.1. The van der Waals surface area contributed by atoms with Gasteiger partial charge < -0.3 is 0 Å². The summed E-state index contributed by atoms with van der Waals surface area (Å²) >= 11 is 0. The molecule has 0 bridgehead atoms. The van der Waals surface area contributed by atoms with Gasteiger partial charge in [-0.1, -0.05) is 30.4 Å². The van der Waals surface area contributed by atoms with E-state index >= 15 is 0 Å². The minimum atomic E-state index is 1.24. The Balaban J connectivity index is 3.01. The Labute approximate surface area is 47.8 Å². The van der Waals surface area contributed by atoms with Crippen molar-refractivity contribution in [3.8, 4) is 0 Å². The van der Waals surface area contributed by atoms with Crippen LogP contribution in [0.5, 0.6) is 0 Å². The lowest BCUT2D eigenvalue weighted by Gasteiger charge is -1.93. The third-order valence-corrected chi connectivity index (χ3v) is 1.35. The molecule has 1 aromatic carbocycles. The lowest BCUT2D eigenvalue weighted by Crippen LogP contribution is -2.29. The molecule has 0 atom stereocenters. The van der Waals surface area contributed by atoms with Crippen molar-refractivity contribution in [3.05, 3.63) is 34.7 Å². The molecule has 1 aliphatic rings. The fourth-order valence-electron chi connectivity index (χ4n) is 0.829. The minimum absolute atomic E-state index is 1.24. The Bertz CT molecular complexity index is 274. The number of benzene rings is 1. The highest BCUT2D eigenvalue weighted by molar-refractivity contribution is 5.67. The molecule has 0 N–H and O–H groups in total. The monoisotopic (exact) mass is 101 g/mol. The predicted molar refractivity (Wildman–Crippen MR) is 33.5 cm³/mol. The molecule has 0 amide bonds. The third kappa shape index (κ3) is 0.348. The molecule has 0 nitrogen and oxygen atoms in total. The molecule has 0 saturated carbocycles. The number of rotatable bonds is 0. The van der Waals surface area contributed by atoms with E-state index in [0.717, 1.165) is 0 Å². The van der Waals surface area contributed by atoms with E-state index in [2.05, 4.69) is 24.3 Å². The van der Waals surface area contributed by atoms with Crippen LogP contribution in [0.1, 0.15) is 0 Å². The van der Waals surface area contributed by atoms with Crippen LogP contribution in [-0.2, 0) is 0 Å².